The maximum Gasteiger partial charge on any atom is 0.251 e. The van der Waals surface area contributed by atoms with E-state index in [0.29, 0.717) is 17.1 Å². The van der Waals surface area contributed by atoms with Crippen LogP contribution in [0.1, 0.15) is 16.8 Å². The minimum Gasteiger partial charge on any atom is -0.352 e. The number of carbonyl (C=O) groups excluding carboxylic acids is 1. The third-order valence-electron chi connectivity index (χ3n) is 1.94. The first-order chi connectivity index (χ1) is 7.63. The van der Waals surface area contributed by atoms with Crippen LogP contribution in [0, 0.1) is 0 Å². The molecule has 0 spiro atoms. The van der Waals surface area contributed by atoms with Gasteiger partial charge >= 0.3 is 0 Å². The molecule has 1 N–H and O–H groups in total. The summed E-state index contributed by atoms with van der Waals surface area (Å²) >= 11 is 10.9. The molecule has 0 saturated carbocycles. The second-order valence-electron chi connectivity index (χ2n) is 3.26. The molecule has 1 rings (SSSR count). The number of benzene rings is 1. The number of hydrogen-bond donors (Lipinski definition) is 1. The molecule has 1 amide bonds. The predicted molar refractivity (Wildman–Crippen MR) is 74.5 cm³/mol. The smallest absolute Gasteiger partial charge is 0.251 e. The third-order valence-corrected chi connectivity index (χ3v) is 3.31. The fourth-order valence-corrected chi connectivity index (χ4v) is 2.50. The number of carbonyl (C=O) groups is 1. The molecule has 1 aromatic carbocycles. The highest BCUT2D eigenvalue weighted by Gasteiger charge is 2.06. The van der Waals surface area contributed by atoms with E-state index in [1.54, 1.807) is 30.0 Å². The van der Waals surface area contributed by atoms with Crippen molar-refractivity contribution in [2.24, 2.45) is 0 Å². The zero-order valence-electron chi connectivity index (χ0n) is 8.93. The fraction of sp³-hybridized carbons (Fsp3) is 0.364. The van der Waals surface area contributed by atoms with Gasteiger partial charge in [-0.15, -0.1) is 0 Å². The summed E-state index contributed by atoms with van der Waals surface area (Å²) in [6.45, 7) is 0.698. The summed E-state index contributed by atoms with van der Waals surface area (Å²) in [4.78, 5) is 11.7. The van der Waals surface area contributed by atoms with Crippen LogP contribution in [0.4, 0.5) is 0 Å². The van der Waals surface area contributed by atoms with Gasteiger partial charge in [-0.3, -0.25) is 4.79 Å². The molecular weight excluding hydrogens is 310 g/mol. The molecule has 0 heterocycles. The lowest BCUT2D eigenvalue weighted by molar-refractivity contribution is 0.0953. The van der Waals surface area contributed by atoms with Gasteiger partial charge in [0, 0.05) is 21.6 Å². The quantitative estimate of drug-likeness (QED) is 0.840. The van der Waals surface area contributed by atoms with Gasteiger partial charge in [-0.05, 0) is 36.6 Å². The van der Waals surface area contributed by atoms with Crippen LogP contribution in [0.3, 0.4) is 0 Å². The maximum atomic E-state index is 11.7. The number of halogens is 2. The van der Waals surface area contributed by atoms with Crippen LogP contribution in [0.2, 0.25) is 5.02 Å². The second-order valence-corrected chi connectivity index (χ2v) is 5.60. The molecule has 0 aliphatic rings. The molecule has 2 nitrogen and oxygen atoms in total. The van der Waals surface area contributed by atoms with Gasteiger partial charge in [0.05, 0.1) is 0 Å². The van der Waals surface area contributed by atoms with E-state index in [1.807, 2.05) is 0 Å². The van der Waals surface area contributed by atoms with Crippen molar-refractivity contribution in [3.05, 3.63) is 33.3 Å². The van der Waals surface area contributed by atoms with Gasteiger partial charge in [0.15, 0.2) is 0 Å². The van der Waals surface area contributed by atoms with Crippen molar-refractivity contribution in [1.29, 1.82) is 0 Å². The molecule has 5 heteroatoms. The van der Waals surface area contributed by atoms with Crippen LogP contribution in [0.5, 0.6) is 0 Å². The molecule has 0 aromatic heterocycles. The lowest BCUT2D eigenvalue weighted by Gasteiger charge is -2.05. The zero-order chi connectivity index (χ0) is 12.0. The summed E-state index contributed by atoms with van der Waals surface area (Å²) in [5.41, 5.74) is 0.587. The van der Waals surface area contributed by atoms with Gasteiger partial charge in [-0.2, -0.15) is 11.8 Å². The van der Waals surface area contributed by atoms with Crippen molar-refractivity contribution in [2.75, 3.05) is 18.6 Å². The van der Waals surface area contributed by atoms with Crippen molar-refractivity contribution in [1.82, 2.24) is 5.32 Å². The summed E-state index contributed by atoms with van der Waals surface area (Å²) < 4.78 is 0.814. The lowest BCUT2D eigenvalue weighted by Crippen LogP contribution is -2.24. The average Bonchev–Trinajstić information content (AvgIpc) is 2.22. The SMILES string of the molecule is CSCCCNC(=O)c1cc(Cl)cc(Br)c1. The van der Waals surface area contributed by atoms with E-state index in [2.05, 4.69) is 27.5 Å². The molecular formula is C11H13BrClNOS. The Hall–Kier alpha value is -0.190. The molecule has 0 unspecified atom stereocenters. The minimum absolute atomic E-state index is 0.0793. The summed E-state index contributed by atoms with van der Waals surface area (Å²) in [6.07, 6.45) is 3.03. The molecule has 0 aliphatic carbocycles. The normalized spacial score (nSPS) is 10.2. The van der Waals surface area contributed by atoms with E-state index >= 15 is 0 Å². The topological polar surface area (TPSA) is 29.1 Å². The molecule has 1 aromatic rings. The minimum atomic E-state index is -0.0793. The monoisotopic (exact) mass is 321 g/mol. The highest BCUT2D eigenvalue weighted by molar-refractivity contribution is 9.10. The molecule has 0 saturated heterocycles. The van der Waals surface area contributed by atoms with Gasteiger partial charge in [-0.1, -0.05) is 27.5 Å². The summed E-state index contributed by atoms with van der Waals surface area (Å²) in [7, 11) is 0. The highest BCUT2D eigenvalue weighted by atomic mass is 79.9. The summed E-state index contributed by atoms with van der Waals surface area (Å²) in [6, 6.07) is 5.18. The molecule has 0 aliphatic heterocycles. The molecule has 0 radical (unpaired) electrons. The van der Waals surface area contributed by atoms with E-state index in [-0.39, 0.29) is 5.91 Å². The van der Waals surface area contributed by atoms with Gasteiger partial charge in [0.25, 0.3) is 5.91 Å². The van der Waals surface area contributed by atoms with E-state index in [9.17, 15) is 4.79 Å². The van der Waals surface area contributed by atoms with Crippen molar-refractivity contribution < 1.29 is 4.79 Å². The first-order valence-corrected chi connectivity index (χ1v) is 7.43. The molecule has 16 heavy (non-hydrogen) atoms. The van der Waals surface area contributed by atoms with Crippen LogP contribution in [0.15, 0.2) is 22.7 Å². The van der Waals surface area contributed by atoms with Gasteiger partial charge in [-0.25, -0.2) is 0 Å². The van der Waals surface area contributed by atoms with Crippen LogP contribution in [-0.4, -0.2) is 24.5 Å². The van der Waals surface area contributed by atoms with Crippen LogP contribution in [0.25, 0.3) is 0 Å². The highest BCUT2D eigenvalue weighted by Crippen LogP contribution is 2.19. The number of rotatable bonds is 5. The van der Waals surface area contributed by atoms with E-state index < -0.39 is 0 Å². The first-order valence-electron chi connectivity index (χ1n) is 4.86. The average molecular weight is 323 g/mol. The Morgan fingerprint density at radius 3 is 2.88 bits per heavy atom. The van der Waals surface area contributed by atoms with E-state index in [0.717, 1.165) is 16.6 Å². The van der Waals surface area contributed by atoms with Crippen molar-refractivity contribution in [3.8, 4) is 0 Å². The number of nitrogens with one attached hydrogen (secondary N) is 1. The first kappa shape index (κ1) is 13.9. The summed E-state index contributed by atoms with van der Waals surface area (Å²) in [5.74, 6) is 0.976. The van der Waals surface area contributed by atoms with E-state index in [4.69, 9.17) is 11.6 Å². The zero-order valence-corrected chi connectivity index (χ0v) is 12.1. The molecule has 88 valence electrons. The molecule has 0 atom stereocenters. The lowest BCUT2D eigenvalue weighted by atomic mass is 10.2. The molecule has 0 bridgehead atoms. The van der Waals surface area contributed by atoms with Crippen LogP contribution < -0.4 is 5.32 Å². The van der Waals surface area contributed by atoms with Crippen molar-refractivity contribution in [2.45, 2.75) is 6.42 Å². The van der Waals surface area contributed by atoms with Crippen LogP contribution in [-0.2, 0) is 0 Å². The Morgan fingerprint density at radius 1 is 1.50 bits per heavy atom. The van der Waals surface area contributed by atoms with Gasteiger partial charge in [0.2, 0.25) is 0 Å². The van der Waals surface area contributed by atoms with Crippen LogP contribution >= 0.6 is 39.3 Å². The Bertz CT molecular complexity index is 353. The Kier molecular flexibility index (Phi) is 6.24. The molecule has 0 fully saturated rings. The Morgan fingerprint density at radius 2 is 2.25 bits per heavy atom. The Labute approximate surface area is 113 Å². The maximum absolute atomic E-state index is 11.7. The summed E-state index contributed by atoms with van der Waals surface area (Å²) in [5, 5.41) is 3.42. The van der Waals surface area contributed by atoms with E-state index in [1.165, 1.54) is 0 Å². The standard InChI is InChI=1S/C11H13BrClNOS/c1-16-4-2-3-14-11(15)8-5-9(12)7-10(13)6-8/h5-7H,2-4H2,1H3,(H,14,15). The van der Waals surface area contributed by atoms with Crippen molar-refractivity contribution >= 4 is 45.2 Å². The number of hydrogen-bond acceptors (Lipinski definition) is 2. The largest absolute Gasteiger partial charge is 0.352 e. The predicted octanol–water partition coefficient (Wildman–Crippen LogP) is 3.59. The number of thioether (sulfide) groups is 1. The fourth-order valence-electron chi connectivity index (χ4n) is 1.21. The van der Waals surface area contributed by atoms with Crippen molar-refractivity contribution in [3.63, 3.8) is 0 Å². The number of amides is 1. The van der Waals surface area contributed by atoms with Gasteiger partial charge in [0.1, 0.15) is 0 Å². The Balaban J connectivity index is 2.52. The third kappa shape index (κ3) is 4.76. The second kappa shape index (κ2) is 7.20. The van der Waals surface area contributed by atoms with Gasteiger partial charge < -0.3 is 5.32 Å².